The van der Waals surface area contributed by atoms with E-state index in [1.807, 2.05) is 37.4 Å². The molecule has 0 bridgehead atoms. The van der Waals surface area contributed by atoms with Crippen molar-refractivity contribution >= 4 is 12.4 Å². The minimum atomic E-state index is -0.912. The highest BCUT2D eigenvalue weighted by atomic mass is 16.7. The second-order valence-corrected chi connectivity index (χ2v) is 5.05. The van der Waals surface area contributed by atoms with Crippen LogP contribution in [0.4, 0.5) is 0 Å². The number of benzene rings is 1. The van der Waals surface area contributed by atoms with Gasteiger partial charge in [0.15, 0.2) is 0 Å². The Balaban J connectivity index is 1.91. The smallest absolute Gasteiger partial charge is 0.366 e. The molecule has 0 aliphatic carbocycles. The van der Waals surface area contributed by atoms with Gasteiger partial charge >= 0.3 is 5.97 Å². The lowest BCUT2D eigenvalue weighted by atomic mass is 10.1. The summed E-state index contributed by atoms with van der Waals surface area (Å²) in [5.74, 6) is -0.532. The fraction of sp³-hybridized carbons (Fsp3) is 0.467. The number of carbonyl (C=O) groups excluding carboxylic acids is 2. The lowest BCUT2D eigenvalue weighted by molar-refractivity contribution is -0.208. The zero-order chi connectivity index (χ0) is 15.1. The minimum Gasteiger partial charge on any atom is -0.452 e. The van der Waals surface area contributed by atoms with E-state index in [0.717, 1.165) is 18.7 Å². The average molecular weight is 292 g/mol. The molecule has 0 aromatic heterocycles. The Labute approximate surface area is 124 Å². The third kappa shape index (κ3) is 4.84. The highest BCUT2D eigenvalue weighted by Gasteiger charge is 2.26. The molecule has 0 spiro atoms. The zero-order valence-corrected chi connectivity index (χ0v) is 12.1. The van der Waals surface area contributed by atoms with E-state index in [1.165, 1.54) is 0 Å². The molecule has 0 unspecified atom stereocenters. The van der Waals surface area contributed by atoms with Crippen LogP contribution in [-0.4, -0.2) is 61.7 Å². The van der Waals surface area contributed by atoms with Crippen LogP contribution in [0.2, 0.25) is 0 Å². The van der Waals surface area contributed by atoms with Gasteiger partial charge in [0.1, 0.15) is 0 Å². The number of likely N-dealkylation sites (N-methyl/N-ethyl adjacent to an activating group) is 1. The molecule has 0 amide bonds. The number of nitrogens with zero attached hydrogens (tertiary/aromatic N) is 2. The maximum Gasteiger partial charge on any atom is 0.366 e. The van der Waals surface area contributed by atoms with Crippen LogP contribution in [0.25, 0.3) is 0 Å². The van der Waals surface area contributed by atoms with Crippen molar-refractivity contribution < 1.29 is 19.2 Å². The number of rotatable bonds is 6. The van der Waals surface area contributed by atoms with Crippen LogP contribution in [0.15, 0.2) is 30.3 Å². The molecule has 1 heterocycles. The second-order valence-electron chi connectivity index (χ2n) is 5.05. The number of carbonyl (C=O) groups is 2. The highest BCUT2D eigenvalue weighted by molar-refractivity contribution is 5.76. The predicted octanol–water partition coefficient (Wildman–Crippen LogP) is 0.476. The minimum absolute atomic E-state index is 0.291. The number of hydrogen-bond acceptors (Lipinski definition) is 6. The van der Waals surface area contributed by atoms with Crippen LogP contribution in [0.1, 0.15) is 5.56 Å². The molecule has 1 aromatic carbocycles. The van der Waals surface area contributed by atoms with Gasteiger partial charge in [-0.1, -0.05) is 30.3 Å². The summed E-state index contributed by atoms with van der Waals surface area (Å²) in [6, 6.07) is 9.40. The third-order valence-electron chi connectivity index (χ3n) is 3.43. The fourth-order valence-corrected chi connectivity index (χ4v) is 2.15. The van der Waals surface area contributed by atoms with Crippen molar-refractivity contribution in [3.8, 4) is 0 Å². The SMILES string of the molecule is CN1CCN(OC(=O)[C@H](Cc2ccccc2)OC=O)CC1. The van der Waals surface area contributed by atoms with E-state index in [4.69, 9.17) is 9.57 Å². The Hall–Kier alpha value is -1.92. The molecule has 0 saturated carbocycles. The molecule has 114 valence electrons. The molecule has 6 heteroatoms. The van der Waals surface area contributed by atoms with Crippen LogP contribution in [-0.2, 0) is 25.6 Å². The first-order valence-corrected chi connectivity index (χ1v) is 6.97. The summed E-state index contributed by atoms with van der Waals surface area (Å²) in [6.07, 6.45) is -0.601. The summed E-state index contributed by atoms with van der Waals surface area (Å²) in [7, 11) is 2.02. The van der Waals surface area contributed by atoms with Gasteiger partial charge in [0, 0.05) is 32.6 Å². The summed E-state index contributed by atoms with van der Waals surface area (Å²) < 4.78 is 4.88. The Kier molecular flexibility index (Phi) is 5.71. The van der Waals surface area contributed by atoms with Crippen LogP contribution >= 0.6 is 0 Å². The summed E-state index contributed by atoms with van der Waals surface area (Å²) >= 11 is 0. The van der Waals surface area contributed by atoms with Crippen LogP contribution in [0.3, 0.4) is 0 Å². The zero-order valence-electron chi connectivity index (χ0n) is 12.1. The molecule has 0 N–H and O–H groups in total. The first kappa shape index (κ1) is 15.5. The molecule has 1 fully saturated rings. The van der Waals surface area contributed by atoms with Crippen LogP contribution < -0.4 is 0 Å². The first-order valence-electron chi connectivity index (χ1n) is 6.97. The number of piperazine rings is 1. The van der Waals surface area contributed by atoms with Crippen molar-refractivity contribution in [3.63, 3.8) is 0 Å². The van der Waals surface area contributed by atoms with Crippen molar-refractivity contribution in [2.24, 2.45) is 0 Å². The molecule has 1 aliphatic heterocycles. The lowest BCUT2D eigenvalue weighted by Gasteiger charge is -2.31. The molecule has 1 atom stereocenters. The normalized spacial score (nSPS) is 18.0. The van der Waals surface area contributed by atoms with Gasteiger partial charge in [-0.15, -0.1) is 5.06 Å². The van der Waals surface area contributed by atoms with Gasteiger partial charge in [0.25, 0.3) is 6.47 Å². The molecular formula is C15H20N2O4. The summed E-state index contributed by atoms with van der Waals surface area (Å²) in [4.78, 5) is 30.2. The quantitative estimate of drug-likeness (QED) is 0.711. The van der Waals surface area contributed by atoms with Crippen molar-refractivity contribution in [2.75, 3.05) is 33.2 Å². The maximum atomic E-state index is 12.1. The average Bonchev–Trinajstić information content (AvgIpc) is 2.50. The van der Waals surface area contributed by atoms with Crippen molar-refractivity contribution in [1.82, 2.24) is 9.96 Å². The van der Waals surface area contributed by atoms with Crippen molar-refractivity contribution in [2.45, 2.75) is 12.5 Å². The first-order chi connectivity index (χ1) is 10.2. The Morgan fingerprint density at radius 1 is 1.24 bits per heavy atom. The van der Waals surface area contributed by atoms with E-state index in [0.29, 0.717) is 26.0 Å². The van der Waals surface area contributed by atoms with Crippen LogP contribution in [0, 0.1) is 0 Å². The van der Waals surface area contributed by atoms with Crippen molar-refractivity contribution in [1.29, 1.82) is 0 Å². The molecule has 6 nitrogen and oxygen atoms in total. The van der Waals surface area contributed by atoms with Gasteiger partial charge < -0.3 is 14.5 Å². The van der Waals surface area contributed by atoms with Gasteiger partial charge in [0.05, 0.1) is 0 Å². The number of hydroxylamine groups is 2. The standard InChI is InChI=1S/C15H20N2O4/c1-16-7-9-17(10-8-16)21-15(19)14(20-12-18)11-13-5-3-2-4-6-13/h2-6,12,14H,7-11H2,1H3/t14-/m0/s1. The monoisotopic (exact) mass is 292 g/mol. The Morgan fingerprint density at radius 2 is 1.90 bits per heavy atom. The second kappa shape index (κ2) is 7.75. The van der Waals surface area contributed by atoms with Gasteiger partial charge in [-0.05, 0) is 12.6 Å². The Morgan fingerprint density at radius 3 is 2.52 bits per heavy atom. The molecule has 1 aromatic rings. The van der Waals surface area contributed by atoms with Gasteiger partial charge in [0.2, 0.25) is 6.10 Å². The Bertz CT molecular complexity index is 458. The molecule has 1 aliphatic rings. The summed E-state index contributed by atoms with van der Waals surface area (Å²) in [5, 5.41) is 1.62. The third-order valence-corrected chi connectivity index (χ3v) is 3.43. The van der Waals surface area contributed by atoms with E-state index in [-0.39, 0.29) is 0 Å². The van der Waals surface area contributed by atoms with Gasteiger partial charge in [-0.25, -0.2) is 4.79 Å². The topological polar surface area (TPSA) is 59.1 Å². The van der Waals surface area contributed by atoms with E-state index >= 15 is 0 Å². The predicted molar refractivity (Wildman–Crippen MR) is 76.2 cm³/mol. The molecular weight excluding hydrogens is 272 g/mol. The van der Waals surface area contributed by atoms with Crippen LogP contribution in [0.5, 0.6) is 0 Å². The molecule has 2 rings (SSSR count). The van der Waals surface area contributed by atoms with E-state index < -0.39 is 12.1 Å². The van der Waals surface area contributed by atoms with E-state index in [9.17, 15) is 9.59 Å². The molecule has 1 saturated heterocycles. The van der Waals surface area contributed by atoms with Crippen molar-refractivity contribution in [3.05, 3.63) is 35.9 Å². The summed E-state index contributed by atoms with van der Waals surface area (Å²) in [6.45, 7) is 3.28. The molecule has 0 radical (unpaired) electrons. The summed E-state index contributed by atoms with van der Waals surface area (Å²) in [5.41, 5.74) is 0.916. The fourth-order valence-electron chi connectivity index (χ4n) is 2.15. The van der Waals surface area contributed by atoms with E-state index in [1.54, 1.807) is 5.06 Å². The highest BCUT2D eigenvalue weighted by Crippen LogP contribution is 2.09. The van der Waals surface area contributed by atoms with Gasteiger partial charge in [-0.3, -0.25) is 4.79 Å². The maximum absolute atomic E-state index is 12.1. The largest absolute Gasteiger partial charge is 0.452 e. The van der Waals surface area contributed by atoms with E-state index in [2.05, 4.69) is 4.90 Å². The number of ether oxygens (including phenoxy) is 1. The lowest BCUT2D eigenvalue weighted by Crippen LogP contribution is -2.46. The molecule has 21 heavy (non-hydrogen) atoms. The van der Waals surface area contributed by atoms with Gasteiger partial charge in [-0.2, -0.15) is 0 Å². The number of hydrogen-bond donors (Lipinski definition) is 0.